The van der Waals surface area contributed by atoms with Gasteiger partial charge >= 0.3 is 6.18 Å². The number of alkyl halides is 3. The summed E-state index contributed by atoms with van der Waals surface area (Å²) in [5, 5.41) is 10.6. The normalized spacial score (nSPS) is 18.3. The third-order valence-electron chi connectivity index (χ3n) is 5.65. The molecule has 1 aliphatic carbocycles. The van der Waals surface area contributed by atoms with Crippen LogP contribution < -0.4 is 5.32 Å². The minimum Gasteiger partial charge on any atom is -0.342 e. The van der Waals surface area contributed by atoms with Gasteiger partial charge in [-0.05, 0) is 31.4 Å². The Hall–Kier alpha value is -3.24. The molecule has 162 valence electrons. The molecule has 7 nitrogen and oxygen atoms in total. The van der Waals surface area contributed by atoms with Crippen LogP contribution >= 0.6 is 0 Å². The molecule has 0 unspecified atom stereocenters. The molecule has 5 rings (SSSR count). The number of hydrogen-bond donors (Lipinski definition) is 1. The fraction of sp³-hybridized carbons (Fsp3) is 0.400. The number of rotatable bonds is 4. The van der Waals surface area contributed by atoms with Crippen molar-refractivity contribution in [3.63, 3.8) is 0 Å². The Balaban J connectivity index is 1.38. The van der Waals surface area contributed by atoms with E-state index < -0.39 is 29.6 Å². The molecule has 3 aromatic heterocycles. The summed E-state index contributed by atoms with van der Waals surface area (Å²) >= 11 is 0. The molecule has 1 saturated carbocycles. The van der Waals surface area contributed by atoms with Crippen LogP contribution in [0.2, 0.25) is 0 Å². The number of amides is 1. The van der Waals surface area contributed by atoms with Gasteiger partial charge in [0.15, 0.2) is 11.5 Å². The van der Waals surface area contributed by atoms with Crippen LogP contribution in [-0.4, -0.2) is 30.5 Å². The van der Waals surface area contributed by atoms with Gasteiger partial charge in [-0.3, -0.25) is 19.1 Å². The highest BCUT2D eigenvalue weighted by Gasteiger charge is 2.36. The first-order chi connectivity index (χ1) is 14.7. The number of hydrogen-bond acceptors (Lipinski definition) is 4. The maximum atomic E-state index is 14.4. The third-order valence-corrected chi connectivity index (χ3v) is 5.65. The van der Waals surface area contributed by atoms with E-state index in [1.165, 1.54) is 13.2 Å². The van der Waals surface area contributed by atoms with Crippen molar-refractivity contribution >= 4 is 5.91 Å². The van der Waals surface area contributed by atoms with E-state index in [2.05, 4.69) is 20.5 Å². The van der Waals surface area contributed by atoms with Crippen LogP contribution in [0.5, 0.6) is 0 Å². The average Bonchev–Trinajstić information content (AvgIpc) is 3.18. The van der Waals surface area contributed by atoms with Crippen molar-refractivity contribution in [1.29, 1.82) is 0 Å². The third kappa shape index (κ3) is 3.57. The molecule has 0 spiro atoms. The first kappa shape index (κ1) is 19.7. The topological polar surface area (TPSA) is 77.6 Å². The van der Waals surface area contributed by atoms with Gasteiger partial charge in [-0.15, -0.1) is 0 Å². The Morgan fingerprint density at radius 1 is 1.16 bits per heavy atom. The smallest absolute Gasteiger partial charge is 0.342 e. The Morgan fingerprint density at radius 2 is 1.94 bits per heavy atom. The van der Waals surface area contributed by atoms with Crippen molar-refractivity contribution in [2.24, 2.45) is 7.05 Å². The van der Waals surface area contributed by atoms with E-state index in [1.54, 1.807) is 16.8 Å². The van der Waals surface area contributed by atoms with Gasteiger partial charge in [0, 0.05) is 36.8 Å². The van der Waals surface area contributed by atoms with E-state index in [-0.39, 0.29) is 5.69 Å². The predicted octanol–water partition coefficient (Wildman–Crippen LogP) is 3.59. The van der Waals surface area contributed by atoms with Crippen molar-refractivity contribution in [1.82, 2.24) is 29.9 Å². The number of aryl methyl sites for hydroxylation is 2. The lowest BCUT2D eigenvalue weighted by atomic mass is 10.1. The van der Waals surface area contributed by atoms with Crippen LogP contribution in [-0.2, 0) is 19.8 Å². The van der Waals surface area contributed by atoms with Crippen molar-refractivity contribution in [3.8, 4) is 11.3 Å². The second-order valence-corrected chi connectivity index (χ2v) is 7.89. The average molecular weight is 434 g/mol. The summed E-state index contributed by atoms with van der Waals surface area (Å²) in [5.41, 5.74) is 0.983. The van der Waals surface area contributed by atoms with Gasteiger partial charge in [0.05, 0.1) is 23.6 Å². The lowest BCUT2D eigenvalue weighted by Crippen LogP contribution is -2.28. The number of nitrogens with zero attached hydrogens (tertiary/aromatic N) is 5. The minimum absolute atomic E-state index is 0.195. The number of carbonyl (C=O) groups is 1. The Bertz CT molecular complexity index is 1180. The van der Waals surface area contributed by atoms with Crippen molar-refractivity contribution in [3.05, 3.63) is 53.0 Å². The molecular weight excluding hydrogens is 416 g/mol. The van der Waals surface area contributed by atoms with Crippen LogP contribution in [0.25, 0.3) is 11.3 Å². The second-order valence-electron chi connectivity index (χ2n) is 7.89. The molecule has 1 aliphatic heterocycles. The quantitative estimate of drug-likeness (QED) is 0.637. The Labute approximate surface area is 174 Å². The molecule has 1 fully saturated rings. The zero-order valence-electron chi connectivity index (χ0n) is 16.4. The second kappa shape index (κ2) is 6.89. The summed E-state index contributed by atoms with van der Waals surface area (Å²) in [6.07, 6.45) is -0.825. The molecule has 4 heterocycles. The van der Waals surface area contributed by atoms with Gasteiger partial charge in [-0.1, -0.05) is 0 Å². The van der Waals surface area contributed by atoms with E-state index in [0.29, 0.717) is 35.8 Å². The van der Waals surface area contributed by atoms with Crippen LogP contribution in [0.1, 0.15) is 58.8 Å². The van der Waals surface area contributed by atoms with Gasteiger partial charge in [0.1, 0.15) is 5.69 Å². The predicted molar refractivity (Wildman–Crippen MR) is 100 cm³/mol. The molecule has 2 aliphatic rings. The molecule has 0 radical (unpaired) electrons. The Morgan fingerprint density at radius 3 is 2.61 bits per heavy atom. The van der Waals surface area contributed by atoms with Crippen molar-refractivity contribution in [2.75, 3.05) is 0 Å². The molecule has 11 heteroatoms. The standard InChI is InChI=1S/C20H18F4N6O/c1-29-17(8-18(28-29)20(22,23)24)19(31)26-13-4-5-30-16(13)7-15(27-30)11-6-14(10-2-3-10)25-9-12(11)21/h6-10,13H,2-5H2,1H3,(H,26,31)/t13-/m0/s1. The van der Waals surface area contributed by atoms with E-state index in [1.807, 2.05) is 0 Å². The number of carbonyl (C=O) groups excluding carboxylic acids is 1. The fourth-order valence-electron chi connectivity index (χ4n) is 3.87. The zero-order valence-corrected chi connectivity index (χ0v) is 16.4. The van der Waals surface area contributed by atoms with Crippen LogP contribution in [0, 0.1) is 5.82 Å². The van der Waals surface area contributed by atoms with Gasteiger partial charge in [-0.2, -0.15) is 23.4 Å². The van der Waals surface area contributed by atoms with Crippen molar-refractivity contribution < 1.29 is 22.4 Å². The number of fused-ring (bicyclic) bond motifs is 1. The lowest BCUT2D eigenvalue weighted by Gasteiger charge is -2.11. The SMILES string of the molecule is Cn1nc(C(F)(F)F)cc1C(=O)N[C@H]1CCn2nc(-c3cc(C4CC4)ncc3F)cc21. The molecule has 0 aromatic carbocycles. The van der Waals surface area contributed by atoms with Crippen LogP contribution in [0.15, 0.2) is 24.4 Å². The molecule has 1 N–H and O–H groups in total. The molecule has 0 saturated heterocycles. The molecule has 1 atom stereocenters. The van der Waals surface area contributed by atoms with Crippen LogP contribution in [0.3, 0.4) is 0 Å². The molecule has 3 aromatic rings. The summed E-state index contributed by atoms with van der Waals surface area (Å²) in [7, 11) is 1.28. The largest absolute Gasteiger partial charge is 0.435 e. The summed E-state index contributed by atoms with van der Waals surface area (Å²) in [5.74, 6) is -0.782. The van der Waals surface area contributed by atoms with E-state index >= 15 is 0 Å². The maximum Gasteiger partial charge on any atom is 0.435 e. The lowest BCUT2D eigenvalue weighted by molar-refractivity contribution is -0.141. The number of aromatic nitrogens is 5. The highest BCUT2D eigenvalue weighted by molar-refractivity contribution is 5.93. The van der Waals surface area contributed by atoms with Crippen molar-refractivity contribution in [2.45, 2.75) is 43.9 Å². The fourth-order valence-corrected chi connectivity index (χ4v) is 3.87. The van der Waals surface area contributed by atoms with Gasteiger partial charge in [0.25, 0.3) is 5.91 Å². The maximum absolute atomic E-state index is 14.4. The molecule has 1 amide bonds. The summed E-state index contributed by atoms with van der Waals surface area (Å²) < 4.78 is 55.6. The molecule has 0 bridgehead atoms. The zero-order chi connectivity index (χ0) is 21.9. The van der Waals surface area contributed by atoms with E-state index in [0.717, 1.165) is 29.3 Å². The summed E-state index contributed by atoms with van der Waals surface area (Å²) in [6.45, 7) is 0.502. The minimum atomic E-state index is -4.63. The molecular formula is C20H18F4N6O. The van der Waals surface area contributed by atoms with E-state index in [4.69, 9.17) is 0 Å². The molecule has 31 heavy (non-hydrogen) atoms. The van der Waals surface area contributed by atoms with Gasteiger partial charge in [0.2, 0.25) is 0 Å². The monoisotopic (exact) mass is 434 g/mol. The van der Waals surface area contributed by atoms with Gasteiger partial charge in [-0.25, -0.2) is 4.39 Å². The summed E-state index contributed by atoms with van der Waals surface area (Å²) in [6, 6.07) is 3.69. The first-order valence-corrected chi connectivity index (χ1v) is 9.86. The van der Waals surface area contributed by atoms with E-state index in [9.17, 15) is 22.4 Å². The highest BCUT2D eigenvalue weighted by atomic mass is 19.4. The van der Waals surface area contributed by atoms with Crippen LogP contribution in [0.4, 0.5) is 17.6 Å². The first-order valence-electron chi connectivity index (χ1n) is 9.86. The number of halogens is 4. The number of nitrogens with one attached hydrogen (secondary N) is 1. The highest BCUT2D eigenvalue weighted by Crippen LogP contribution is 2.40. The van der Waals surface area contributed by atoms with Gasteiger partial charge < -0.3 is 5.32 Å². The number of pyridine rings is 1. The summed E-state index contributed by atoms with van der Waals surface area (Å²) in [4.78, 5) is 16.7. The Kier molecular flexibility index (Phi) is 4.38.